The van der Waals surface area contributed by atoms with Crippen molar-refractivity contribution in [1.29, 1.82) is 0 Å². The fraction of sp³-hybridized carbons (Fsp3) is 0.450. The molecule has 522 valence electrons. The van der Waals surface area contributed by atoms with Crippen LogP contribution in [0.2, 0.25) is 5.02 Å². The summed E-state index contributed by atoms with van der Waals surface area (Å²) in [6.45, 7) is 9.89. The van der Waals surface area contributed by atoms with E-state index in [1.54, 1.807) is 23.8 Å². The number of nitrogens with zero attached hydrogens (tertiary/aromatic N) is 6. The molecule has 0 spiro atoms. The van der Waals surface area contributed by atoms with E-state index in [1.165, 1.54) is 13.6 Å². The maximum atomic E-state index is 14.2. The van der Waals surface area contributed by atoms with Crippen molar-refractivity contribution in [1.82, 2.24) is 14.3 Å². The third-order valence-corrected chi connectivity index (χ3v) is 17.4. The zero-order chi connectivity index (χ0) is 72.1. The van der Waals surface area contributed by atoms with Gasteiger partial charge in [0.2, 0.25) is 5.91 Å². The zero-order valence-corrected chi connectivity index (χ0v) is 58.3. The Morgan fingerprint density at radius 3 is 2.11 bits per heavy atom. The number of amides is 2. The first-order valence-electron chi connectivity index (χ1n) is 28.7. The van der Waals surface area contributed by atoms with Gasteiger partial charge in [-0.1, -0.05) is 72.1 Å². The molecule has 2 heterocycles. The molecule has 5 aromatic rings. The van der Waals surface area contributed by atoms with Gasteiger partial charge in [0.25, 0.3) is 11.6 Å². The molecule has 2 aliphatic rings. The van der Waals surface area contributed by atoms with Crippen LogP contribution in [0.15, 0.2) is 82.5 Å². The van der Waals surface area contributed by atoms with Crippen LogP contribution in [-0.2, 0) is 65.5 Å². The molecule has 5 unspecified atom stereocenters. The first-order chi connectivity index (χ1) is 44.3. The topological polar surface area (TPSA) is 354 Å². The van der Waals surface area contributed by atoms with E-state index in [2.05, 4.69) is 18.1 Å². The third-order valence-electron chi connectivity index (χ3n) is 13.9. The van der Waals surface area contributed by atoms with Crippen LogP contribution in [0, 0.1) is 35.7 Å². The second-order valence-corrected chi connectivity index (χ2v) is 28.1. The van der Waals surface area contributed by atoms with Crippen LogP contribution in [0.5, 0.6) is 5.75 Å². The predicted molar refractivity (Wildman–Crippen MR) is 352 cm³/mol. The van der Waals surface area contributed by atoms with Crippen LogP contribution in [0.4, 0.5) is 30.2 Å². The molecule has 4 N–H and O–H groups in total. The number of methoxy groups -OCH3 is 1. The van der Waals surface area contributed by atoms with E-state index in [4.69, 9.17) is 87.9 Å². The number of ketones is 3. The summed E-state index contributed by atoms with van der Waals surface area (Å²) in [6.07, 6.45) is 2.13. The number of hydrogen-bond acceptors (Lipinski definition) is 18. The largest absolute Gasteiger partial charge is 0.489 e. The number of halogens is 8. The Hall–Kier alpha value is -6.79. The standard InChI is InChI=1S/C15H14Cl2F3N3O3.C15H22ClNO2.C14H13NO7S.C11H11Cl2NO2.C5H12NO4P/c1-3-26-13(24)10(17)4-8-5-12(11(18)6-9(8)16)23-15(25)22(14(19)20)7(2)21-23;1-5-13-8-6-7-11(2)15(13)17(14(18)9-16)12(3)10-19-4;1-23(21,22)8-5-6-9(10(7-8)15(19)20)14(18)13-11(16)3-2-4-12(13)17;1-7-6-16-9-5-3-2-4-8(9)14(7)11(15)10(12)13;1-11(9,10)3-2-4(6)5(7)8/h5-6,10,14H,3-4H2,1-2H3;6-8,12H,5,9-10H2,1-4H3;5-7,13H,2-4H2,1H3;2-5,7,10H,6H2,1H3;4H,2-3,6H2,1H3,(H,7,8)(H,9,10). The second kappa shape index (κ2) is 37.6. The number of rotatable bonds is 21. The number of esters is 1. The van der Waals surface area contributed by atoms with E-state index in [0.29, 0.717) is 30.1 Å². The molecule has 1 aromatic heterocycles. The van der Waals surface area contributed by atoms with Crippen molar-refractivity contribution in [3.05, 3.63) is 132 Å². The molecule has 1 saturated carbocycles. The van der Waals surface area contributed by atoms with Crippen molar-refractivity contribution in [3.63, 3.8) is 0 Å². The number of fused-ring (bicyclic) bond motifs is 1. The number of ether oxygens (including phenoxy) is 3. The van der Waals surface area contributed by atoms with Gasteiger partial charge >= 0.3 is 24.2 Å². The summed E-state index contributed by atoms with van der Waals surface area (Å²) in [5.41, 5.74) is 6.49. The quantitative estimate of drug-likeness (QED) is 0.0117. The van der Waals surface area contributed by atoms with Gasteiger partial charge in [-0.15, -0.1) is 28.3 Å². The Bertz CT molecular complexity index is 3810. The Balaban J connectivity index is 0.000000317. The fourth-order valence-corrected chi connectivity index (χ4v) is 11.5. The molecule has 4 aromatic carbocycles. The minimum Gasteiger partial charge on any atom is -0.489 e. The van der Waals surface area contributed by atoms with Crippen molar-refractivity contribution in [2.45, 2.75) is 120 Å². The summed E-state index contributed by atoms with van der Waals surface area (Å²) in [7, 11) is -5.16. The number of alkyl halides is 6. The van der Waals surface area contributed by atoms with Crippen LogP contribution < -0.4 is 26.0 Å². The first kappa shape index (κ1) is 82.4. The molecule has 35 heteroatoms. The highest BCUT2D eigenvalue weighted by Gasteiger charge is 2.40. The lowest BCUT2D eigenvalue weighted by molar-refractivity contribution is -0.385. The summed E-state index contributed by atoms with van der Waals surface area (Å²) >= 11 is 28.9. The molecule has 2 amide bonds. The molecule has 95 heavy (non-hydrogen) atoms. The number of para-hydroxylation sites is 3. The van der Waals surface area contributed by atoms with Crippen LogP contribution in [-0.4, -0.2) is 159 Å². The average Bonchev–Trinajstić information content (AvgIpc) is 1.69. The first-order valence-corrected chi connectivity index (χ1v) is 35.1. The van der Waals surface area contributed by atoms with Gasteiger partial charge in [-0.3, -0.25) is 48.2 Å². The molecular weight excluding hydrogens is 1400 g/mol. The lowest BCUT2D eigenvalue weighted by Crippen LogP contribution is -2.47. The molecule has 1 aliphatic heterocycles. The van der Waals surface area contributed by atoms with E-state index < -0.39 is 103 Å². The molecular formula is C60H72Cl5F3N7O18PS. The number of carboxylic acids is 1. The number of hydrogen-bond donors (Lipinski definition) is 3. The van der Waals surface area contributed by atoms with Gasteiger partial charge in [-0.2, -0.15) is 13.5 Å². The summed E-state index contributed by atoms with van der Waals surface area (Å²) in [5.74, 6) is -6.41. The van der Waals surface area contributed by atoms with Crippen LogP contribution in [0.25, 0.3) is 5.69 Å². The van der Waals surface area contributed by atoms with Crippen molar-refractivity contribution in [3.8, 4) is 11.4 Å². The van der Waals surface area contributed by atoms with Gasteiger partial charge in [-0.25, -0.2) is 22.2 Å². The van der Waals surface area contributed by atoms with Crippen molar-refractivity contribution < 1.29 is 88.8 Å². The van der Waals surface area contributed by atoms with Crippen LogP contribution in [0.1, 0.15) is 92.8 Å². The number of carboxylic acid groups (broad SMARTS) is 1. The van der Waals surface area contributed by atoms with Crippen molar-refractivity contribution in [2.24, 2.45) is 11.7 Å². The fourth-order valence-electron chi connectivity index (χ4n) is 9.29. The smallest absolute Gasteiger partial charge is 0.355 e. The maximum absolute atomic E-state index is 14.2. The Kier molecular flexibility index (Phi) is 32.7. The lowest BCUT2D eigenvalue weighted by Gasteiger charge is -2.35. The SMILES string of the molecule is CC1COc2ccccc2N1C(=O)C(Cl)Cl.CCOC(=O)C(Cl)Cc1cc(-n2nc(C)n(C(F)F)c2=O)c(F)cc1Cl.CCc1cccc(C)c1N(C(=O)CCl)C(C)COC.CP(=O)(O)CCC(N)C(=O)O.CS(=O)(=O)c1ccc(C(=O)C2C(=O)CCCC2=O)c([N+](=O)[O-])c1. The summed E-state index contributed by atoms with van der Waals surface area (Å²) < 4.78 is 89.8. The third kappa shape index (κ3) is 23.5. The Morgan fingerprint density at radius 2 is 1.59 bits per heavy atom. The molecule has 5 atom stereocenters. The number of aryl methyl sites for hydroxylation is 3. The Labute approximate surface area is 570 Å². The minimum atomic E-state index is -3.70. The highest BCUT2D eigenvalue weighted by atomic mass is 35.5. The van der Waals surface area contributed by atoms with E-state index in [1.807, 2.05) is 57.2 Å². The Morgan fingerprint density at radius 1 is 0.968 bits per heavy atom. The van der Waals surface area contributed by atoms with Gasteiger partial charge < -0.3 is 39.7 Å². The van der Waals surface area contributed by atoms with Gasteiger partial charge in [0.15, 0.2) is 45.2 Å². The van der Waals surface area contributed by atoms with E-state index in [-0.39, 0.29) is 99.8 Å². The number of nitro benzene ring substituents is 1. The number of aliphatic carboxylic acids is 1. The zero-order valence-electron chi connectivity index (χ0n) is 52.8. The second-order valence-electron chi connectivity index (χ2n) is 21.3. The van der Waals surface area contributed by atoms with Gasteiger partial charge in [0.05, 0.1) is 52.1 Å². The normalized spacial score (nSPS) is 15.3. The summed E-state index contributed by atoms with van der Waals surface area (Å²) in [4.78, 5) is 115. The van der Waals surface area contributed by atoms with E-state index in [0.717, 1.165) is 65.5 Å². The van der Waals surface area contributed by atoms with Crippen molar-refractivity contribution in [2.75, 3.05) is 61.7 Å². The number of nitrogens with two attached hydrogens (primary N) is 1. The molecule has 0 saturated heterocycles. The number of carbonyl (C=O) groups is 7. The molecule has 25 nitrogen and oxygen atoms in total. The number of nitro groups is 1. The highest BCUT2D eigenvalue weighted by molar-refractivity contribution is 7.90. The lowest BCUT2D eigenvalue weighted by atomic mass is 9.81. The summed E-state index contributed by atoms with van der Waals surface area (Å²) in [5, 5.41) is 21.9. The van der Waals surface area contributed by atoms with Gasteiger partial charge in [-0.05, 0) is 107 Å². The number of benzene rings is 4. The van der Waals surface area contributed by atoms with E-state index in [9.17, 15) is 74.6 Å². The minimum absolute atomic E-state index is 0.0223. The molecule has 0 radical (unpaired) electrons. The monoisotopic (exact) mass is 1470 g/mol. The summed E-state index contributed by atoms with van der Waals surface area (Å²) in [6, 6.07) is 17.1. The molecule has 1 fully saturated rings. The highest BCUT2D eigenvalue weighted by Crippen LogP contribution is 2.37. The van der Waals surface area contributed by atoms with Crippen LogP contribution >= 0.6 is 65.4 Å². The predicted octanol–water partition coefficient (Wildman–Crippen LogP) is 9.82. The van der Waals surface area contributed by atoms with Gasteiger partial charge in [0, 0.05) is 56.5 Å². The molecule has 7 rings (SSSR count). The number of anilines is 2. The average molecular weight is 1480 g/mol. The number of carbonyl (C=O) groups excluding carboxylic acids is 6. The molecule has 0 bridgehead atoms. The maximum Gasteiger partial charge on any atom is 0.355 e. The van der Waals surface area contributed by atoms with Crippen molar-refractivity contribution >= 4 is 133 Å². The number of sulfone groups is 1. The molecule has 1 aliphatic carbocycles. The van der Waals surface area contributed by atoms with E-state index >= 15 is 0 Å². The van der Waals surface area contributed by atoms with Crippen LogP contribution in [0.3, 0.4) is 0 Å². The van der Waals surface area contributed by atoms with Gasteiger partial charge in [0.1, 0.15) is 47.1 Å². The number of Topliss-reactive ketones (excluding diaryl/α,β-unsaturated/α-hetero) is 3. The number of aromatic nitrogens is 3.